The van der Waals surface area contributed by atoms with Gasteiger partial charge in [0.05, 0.1) is 24.3 Å². The fourth-order valence-electron chi connectivity index (χ4n) is 3.04. The quantitative estimate of drug-likeness (QED) is 0.220. The maximum Gasteiger partial charge on any atom is 0.338 e. The third-order valence-electron chi connectivity index (χ3n) is 5.38. The minimum atomic E-state index is -0.345. The molecule has 1 rings (SSSR count). The van der Waals surface area contributed by atoms with E-state index in [1.807, 2.05) is 0 Å². The topological polar surface area (TPSA) is 52.6 Å². The van der Waals surface area contributed by atoms with E-state index in [1.54, 1.807) is 24.3 Å². The first-order valence-electron chi connectivity index (χ1n) is 11.5. The fraction of sp³-hybridized carbons (Fsp3) is 0.680. The van der Waals surface area contributed by atoms with Gasteiger partial charge in [-0.1, -0.05) is 78.6 Å². The molecule has 0 spiro atoms. The third-order valence-corrected chi connectivity index (χ3v) is 5.38. The Bertz CT molecular complexity index is 565. The molecule has 0 bridgehead atoms. The number of carbonyl (C=O) groups excluding carboxylic acids is 2. The van der Waals surface area contributed by atoms with E-state index in [-0.39, 0.29) is 11.9 Å². The van der Waals surface area contributed by atoms with Gasteiger partial charge in [-0.3, -0.25) is 0 Å². The van der Waals surface area contributed by atoms with Crippen molar-refractivity contribution in [3.05, 3.63) is 35.4 Å². The van der Waals surface area contributed by atoms with E-state index in [1.165, 1.54) is 44.9 Å². The van der Waals surface area contributed by atoms with Gasteiger partial charge in [-0.15, -0.1) is 0 Å². The number of benzene rings is 1. The minimum absolute atomic E-state index is 0.332. The zero-order chi connectivity index (χ0) is 21.3. The molecule has 0 aliphatic rings. The molecule has 4 nitrogen and oxygen atoms in total. The predicted octanol–water partition coefficient (Wildman–Crippen LogP) is 6.97. The standard InChI is InChI=1S/C25H40O4/c1-4-6-7-8-9-10-11-12-13-19-28-24(26)22-14-16-23(17-15-22)25(27)29-20-18-21(3)5-2/h14-17,21H,4-13,18-20H2,1-3H3. The van der Waals surface area contributed by atoms with Crippen molar-refractivity contribution in [1.29, 1.82) is 0 Å². The van der Waals surface area contributed by atoms with E-state index in [0.29, 0.717) is 30.3 Å². The number of hydrogen-bond donors (Lipinski definition) is 0. The van der Waals surface area contributed by atoms with Crippen LogP contribution < -0.4 is 0 Å². The molecule has 0 saturated heterocycles. The first-order valence-corrected chi connectivity index (χ1v) is 11.5. The zero-order valence-corrected chi connectivity index (χ0v) is 18.7. The molecule has 0 N–H and O–H groups in total. The van der Waals surface area contributed by atoms with Gasteiger partial charge in [0.1, 0.15) is 0 Å². The molecule has 0 heterocycles. The first kappa shape index (κ1) is 25.2. The molecule has 0 aromatic heterocycles. The van der Waals surface area contributed by atoms with Gasteiger partial charge in [0.2, 0.25) is 0 Å². The SMILES string of the molecule is CCCCCCCCCCCOC(=O)c1ccc(C(=O)OCCC(C)CC)cc1. The van der Waals surface area contributed by atoms with E-state index >= 15 is 0 Å². The van der Waals surface area contributed by atoms with Crippen LogP contribution in [0, 0.1) is 5.92 Å². The van der Waals surface area contributed by atoms with Crippen molar-refractivity contribution in [2.24, 2.45) is 5.92 Å². The maximum atomic E-state index is 12.1. The Balaban J connectivity index is 2.18. The second-order valence-corrected chi connectivity index (χ2v) is 7.98. The molecule has 1 unspecified atom stereocenters. The lowest BCUT2D eigenvalue weighted by Gasteiger charge is -2.09. The van der Waals surface area contributed by atoms with Crippen LogP contribution in [0.25, 0.3) is 0 Å². The fourth-order valence-corrected chi connectivity index (χ4v) is 3.04. The highest BCUT2D eigenvalue weighted by Gasteiger charge is 2.11. The summed E-state index contributed by atoms with van der Waals surface area (Å²) in [5, 5.41) is 0. The smallest absolute Gasteiger partial charge is 0.338 e. The van der Waals surface area contributed by atoms with Gasteiger partial charge < -0.3 is 9.47 Å². The number of esters is 2. The van der Waals surface area contributed by atoms with Crippen LogP contribution in [0.15, 0.2) is 24.3 Å². The van der Waals surface area contributed by atoms with Crippen molar-refractivity contribution < 1.29 is 19.1 Å². The lowest BCUT2D eigenvalue weighted by atomic mass is 10.1. The molecule has 29 heavy (non-hydrogen) atoms. The van der Waals surface area contributed by atoms with Crippen LogP contribution in [-0.2, 0) is 9.47 Å². The average molecular weight is 405 g/mol. The number of unbranched alkanes of at least 4 members (excludes halogenated alkanes) is 8. The summed E-state index contributed by atoms with van der Waals surface area (Å²) in [6.07, 6.45) is 13.1. The lowest BCUT2D eigenvalue weighted by molar-refractivity contribution is 0.0475. The zero-order valence-electron chi connectivity index (χ0n) is 18.7. The van der Waals surface area contributed by atoms with Gasteiger partial charge in [-0.05, 0) is 43.0 Å². The average Bonchev–Trinajstić information content (AvgIpc) is 2.74. The Morgan fingerprint density at radius 3 is 1.66 bits per heavy atom. The van der Waals surface area contributed by atoms with Gasteiger partial charge in [0, 0.05) is 0 Å². The molecule has 0 radical (unpaired) electrons. The van der Waals surface area contributed by atoms with Crippen molar-refractivity contribution in [3.8, 4) is 0 Å². The van der Waals surface area contributed by atoms with E-state index in [0.717, 1.165) is 25.7 Å². The Morgan fingerprint density at radius 1 is 0.724 bits per heavy atom. The highest BCUT2D eigenvalue weighted by molar-refractivity contribution is 5.93. The second-order valence-electron chi connectivity index (χ2n) is 7.98. The van der Waals surface area contributed by atoms with E-state index < -0.39 is 0 Å². The van der Waals surface area contributed by atoms with E-state index in [4.69, 9.17) is 9.47 Å². The molecule has 0 fully saturated rings. The van der Waals surface area contributed by atoms with Gasteiger partial charge in [0.15, 0.2) is 0 Å². The number of hydrogen-bond acceptors (Lipinski definition) is 4. The van der Waals surface area contributed by atoms with Crippen molar-refractivity contribution >= 4 is 11.9 Å². The van der Waals surface area contributed by atoms with Crippen molar-refractivity contribution in [2.45, 2.75) is 91.4 Å². The van der Waals surface area contributed by atoms with Crippen molar-refractivity contribution in [1.82, 2.24) is 0 Å². The van der Waals surface area contributed by atoms with Crippen LogP contribution in [0.3, 0.4) is 0 Å². The molecule has 4 heteroatoms. The third kappa shape index (κ3) is 11.7. The van der Waals surface area contributed by atoms with Crippen LogP contribution in [0.1, 0.15) is 112 Å². The summed E-state index contributed by atoms with van der Waals surface area (Å²) >= 11 is 0. The monoisotopic (exact) mass is 404 g/mol. The highest BCUT2D eigenvalue weighted by atomic mass is 16.5. The predicted molar refractivity (Wildman–Crippen MR) is 118 cm³/mol. The molecule has 1 aromatic carbocycles. The number of ether oxygens (including phenoxy) is 2. The summed E-state index contributed by atoms with van der Waals surface area (Å²) in [5.74, 6) is -0.130. The summed E-state index contributed by atoms with van der Waals surface area (Å²) in [4.78, 5) is 24.1. The van der Waals surface area contributed by atoms with Gasteiger partial charge >= 0.3 is 11.9 Å². The van der Waals surface area contributed by atoms with E-state index in [2.05, 4.69) is 20.8 Å². The molecule has 0 aliphatic carbocycles. The molecule has 0 amide bonds. The Morgan fingerprint density at radius 2 is 1.17 bits per heavy atom. The molecule has 1 atom stereocenters. The molecular weight excluding hydrogens is 364 g/mol. The van der Waals surface area contributed by atoms with Gasteiger partial charge in [-0.2, -0.15) is 0 Å². The number of carbonyl (C=O) groups is 2. The largest absolute Gasteiger partial charge is 0.462 e. The normalized spacial score (nSPS) is 11.8. The Labute approximate surface area is 177 Å². The Hall–Kier alpha value is -1.84. The highest BCUT2D eigenvalue weighted by Crippen LogP contribution is 2.12. The summed E-state index contributed by atoms with van der Waals surface area (Å²) in [6.45, 7) is 7.38. The summed E-state index contributed by atoms with van der Waals surface area (Å²) < 4.78 is 10.6. The van der Waals surface area contributed by atoms with Crippen LogP contribution >= 0.6 is 0 Å². The van der Waals surface area contributed by atoms with Crippen LogP contribution in [0.2, 0.25) is 0 Å². The summed E-state index contributed by atoms with van der Waals surface area (Å²) in [6, 6.07) is 6.51. The van der Waals surface area contributed by atoms with Crippen molar-refractivity contribution in [3.63, 3.8) is 0 Å². The molecule has 0 saturated carbocycles. The number of rotatable bonds is 16. The van der Waals surface area contributed by atoms with Crippen molar-refractivity contribution in [2.75, 3.05) is 13.2 Å². The van der Waals surface area contributed by atoms with Gasteiger partial charge in [0.25, 0.3) is 0 Å². The molecule has 164 valence electrons. The molecular formula is C25H40O4. The minimum Gasteiger partial charge on any atom is -0.462 e. The summed E-state index contributed by atoms with van der Waals surface area (Å²) in [7, 11) is 0. The van der Waals surface area contributed by atoms with Gasteiger partial charge in [-0.25, -0.2) is 9.59 Å². The molecule has 0 aliphatic heterocycles. The second kappa shape index (κ2) is 16.0. The summed E-state index contributed by atoms with van der Waals surface area (Å²) in [5.41, 5.74) is 0.932. The molecule has 1 aromatic rings. The van der Waals surface area contributed by atoms with Crippen LogP contribution in [0.5, 0.6) is 0 Å². The van der Waals surface area contributed by atoms with E-state index in [9.17, 15) is 9.59 Å². The van der Waals surface area contributed by atoms with Crippen LogP contribution in [-0.4, -0.2) is 25.2 Å². The lowest BCUT2D eigenvalue weighted by Crippen LogP contribution is -2.10. The van der Waals surface area contributed by atoms with Crippen LogP contribution in [0.4, 0.5) is 0 Å². The first-order chi connectivity index (χ1) is 14.1. The Kier molecular flexibility index (Phi) is 13.9. The maximum absolute atomic E-state index is 12.1.